The van der Waals surface area contributed by atoms with Crippen molar-refractivity contribution >= 4 is 11.6 Å². The Morgan fingerprint density at radius 2 is 1.90 bits per heavy atom. The summed E-state index contributed by atoms with van der Waals surface area (Å²) in [7, 11) is 0. The van der Waals surface area contributed by atoms with Crippen LogP contribution in [0.3, 0.4) is 0 Å². The third-order valence-electron chi connectivity index (χ3n) is 5.07. The van der Waals surface area contributed by atoms with Crippen molar-refractivity contribution in [2.75, 3.05) is 17.2 Å². The molecule has 0 spiro atoms. The maximum Gasteiger partial charge on any atom is 0.135 e. The SMILES string of the molecule is CCCc1nc(NCC)c(C)c(NC2CC3CCC2C3)n1. The van der Waals surface area contributed by atoms with E-state index in [0.29, 0.717) is 6.04 Å². The molecular formula is C17H28N4. The number of nitrogens with zero attached hydrogens (tertiary/aromatic N) is 2. The fourth-order valence-corrected chi connectivity index (χ4v) is 3.98. The molecule has 2 aliphatic carbocycles. The molecule has 3 rings (SSSR count). The zero-order valence-electron chi connectivity index (χ0n) is 13.6. The van der Waals surface area contributed by atoms with Gasteiger partial charge in [0.1, 0.15) is 17.5 Å². The van der Waals surface area contributed by atoms with Crippen molar-refractivity contribution in [1.82, 2.24) is 9.97 Å². The molecule has 0 aromatic carbocycles. The maximum absolute atomic E-state index is 4.79. The smallest absolute Gasteiger partial charge is 0.135 e. The molecule has 0 saturated heterocycles. The van der Waals surface area contributed by atoms with Crippen LogP contribution in [-0.2, 0) is 6.42 Å². The van der Waals surface area contributed by atoms with Gasteiger partial charge >= 0.3 is 0 Å². The average molecular weight is 288 g/mol. The summed E-state index contributed by atoms with van der Waals surface area (Å²) in [6, 6.07) is 0.626. The van der Waals surface area contributed by atoms with Crippen LogP contribution in [0.25, 0.3) is 0 Å². The molecule has 2 saturated carbocycles. The molecule has 116 valence electrons. The van der Waals surface area contributed by atoms with Gasteiger partial charge in [0, 0.05) is 24.6 Å². The van der Waals surface area contributed by atoms with Crippen LogP contribution >= 0.6 is 0 Å². The zero-order valence-corrected chi connectivity index (χ0v) is 13.6. The minimum Gasteiger partial charge on any atom is -0.370 e. The Kier molecular flexibility index (Phi) is 4.32. The Labute approximate surface area is 128 Å². The lowest BCUT2D eigenvalue weighted by Crippen LogP contribution is -2.27. The lowest BCUT2D eigenvalue weighted by molar-refractivity contribution is 0.438. The van der Waals surface area contributed by atoms with Crippen LogP contribution in [0.1, 0.15) is 57.3 Å². The minimum absolute atomic E-state index is 0.626. The standard InChI is InChI=1S/C17H28N4/c1-4-6-15-20-16(18-5-2)11(3)17(21-15)19-14-10-12-7-8-13(14)9-12/h12-14H,4-10H2,1-3H3,(H2,18,19,20,21). The highest BCUT2D eigenvalue weighted by atomic mass is 15.1. The fourth-order valence-electron chi connectivity index (χ4n) is 3.98. The van der Waals surface area contributed by atoms with Crippen molar-refractivity contribution in [2.24, 2.45) is 11.8 Å². The van der Waals surface area contributed by atoms with Gasteiger partial charge in [0.15, 0.2) is 0 Å². The van der Waals surface area contributed by atoms with Gasteiger partial charge in [-0.15, -0.1) is 0 Å². The Morgan fingerprint density at radius 1 is 1.10 bits per heavy atom. The molecule has 1 heterocycles. The molecule has 3 atom stereocenters. The van der Waals surface area contributed by atoms with E-state index >= 15 is 0 Å². The van der Waals surface area contributed by atoms with Gasteiger partial charge in [-0.1, -0.05) is 13.3 Å². The van der Waals surface area contributed by atoms with Gasteiger partial charge in [0.05, 0.1) is 0 Å². The summed E-state index contributed by atoms with van der Waals surface area (Å²) >= 11 is 0. The van der Waals surface area contributed by atoms with E-state index in [9.17, 15) is 0 Å². The summed E-state index contributed by atoms with van der Waals surface area (Å²) in [5.41, 5.74) is 1.17. The molecule has 4 heteroatoms. The molecule has 0 radical (unpaired) electrons. The summed E-state index contributed by atoms with van der Waals surface area (Å²) in [5, 5.41) is 7.13. The molecule has 0 aliphatic heterocycles. The summed E-state index contributed by atoms with van der Waals surface area (Å²) in [4.78, 5) is 9.46. The van der Waals surface area contributed by atoms with Crippen molar-refractivity contribution in [3.63, 3.8) is 0 Å². The second-order valence-corrected chi connectivity index (χ2v) is 6.67. The normalized spacial score (nSPS) is 27.1. The van der Waals surface area contributed by atoms with Crippen molar-refractivity contribution < 1.29 is 0 Å². The number of fused-ring (bicyclic) bond motifs is 2. The van der Waals surface area contributed by atoms with Crippen LogP contribution in [0.5, 0.6) is 0 Å². The number of anilines is 2. The molecule has 4 nitrogen and oxygen atoms in total. The number of rotatable bonds is 6. The zero-order chi connectivity index (χ0) is 14.8. The highest BCUT2D eigenvalue weighted by Crippen LogP contribution is 2.45. The molecule has 1 aromatic rings. The first-order chi connectivity index (χ1) is 10.2. The van der Waals surface area contributed by atoms with Crippen molar-refractivity contribution in [3.05, 3.63) is 11.4 Å². The van der Waals surface area contributed by atoms with Crippen LogP contribution in [0.15, 0.2) is 0 Å². The largest absolute Gasteiger partial charge is 0.370 e. The van der Waals surface area contributed by atoms with Crippen LogP contribution in [0, 0.1) is 18.8 Å². The van der Waals surface area contributed by atoms with E-state index in [4.69, 9.17) is 4.98 Å². The highest BCUT2D eigenvalue weighted by Gasteiger charge is 2.39. The molecule has 2 bridgehead atoms. The van der Waals surface area contributed by atoms with Gasteiger partial charge in [0.25, 0.3) is 0 Å². The van der Waals surface area contributed by atoms with E-state index in [1.54, 1.807) is 0 Å². The van der Waals surface area contributed by atoms with E-state index in [-0.39, 0.29) is 0 Å². The monoisotopic (exact) mass is 288 g/mol. The first kappa shape index (κ1) is 14.6. The van der Waals surface area contributed by atoms with Gasteiger partial charge in [-0.3, -0.25) is 0 Å². The van der Waals surface area contributed by atoms with E-state index in [2.05, 4.69) is 36.4 Å². The summed E-state index contributed by atoms with van der Waals surface area (Å²) < 4.78 is 0. The second kappa shape index (κ2) is 6.20. The Balaban J connectivity index is 1.82. The third-order valence-corrected chi connectivity index (χ3v) is 5.07. The van der Waals surface area contributed by atoms with Crippen molar-refractivity contribution in [1.29, 1.82) is 0 Å². The number of nitrogens with one attached hydrogen (secondary N) is 2. The van der Waals surface area contributed by atoms with Crippen molar-refractivity contribution in [2.45, 2.75) is 65.3 Å². The van der Waals surface area contributed by atoms with Gasteiger partial charge in [-0.25, -0.2) is 9.97 Å². The molecule has 2 fully saturated rings. The summed E-state index contributed by atoms with van der Waals surface area (Å²) in [6.45, 7) is 7.32. The third kappa shape index (κ3) is 2.99. The number of hydrogen-bond acceptors (Lipinski definition) is 4. The molecule has 21 heavy (non-hydrogen) atoms. The molecule has 2 aliphatic rings. The first-order valence-electron chi connectivity index (χ1n) is 8.59. The van der Waals surface area contributed by atoms with E-state index in [0.717, 1.165) is 48.7 Å². The van der Waals surface area contributed by atoms with Crippen molar-refractivity contribution in [3.8, 4) is 0 Å². The van der Waals surface area contributed by atoms with Gasteiger partial charge < -0.3 is 10.6 Å². The van der Waals surface area contributed by atoms with E-state index < -0.39 is 0 Å². The molecule has 3 unspecified atom stereocenters. The molecule has 2 N–H and O–H groups in total. The quantitative estimate of drug-likeness (QED) is 0.836. The fraction of sp³-hybridized carbons (Fsp3) is 0.765. The Morgan fingerprint density at radius 3 is 2.52 bits per heavy atom. The topological polar surface area (TPSA) is 49.8 Å². The molecular weight excluding hydrogens is 260 g/mol. The average Bonchev–Trinajstić information content (AvgIpc) is 3.07. The lowest BCUT2D eigenvalue weighted by atomic mass is 9.95. The van der Waals surface area contributed by atoms with Gasteiger partial charge in [0.2, 0.25) is 0 Å². The maximum atomic E-state index is 4.79. The minimum atomic E-state index is 0.626. The lowest BCUT2D eigenvalue weighted by Gasteiger charge is -2.25. The highest BCUT2D eigenvalue weighted by molar-refractivity contribution is 5.57. The Hall–Kier alpha value is -1.32. The van der Waals surface area contributed by atoms with Gasteiger partial charge in [-0.2, -0.15) is 0 Å². The number of hydrogen-bond donors (Lipinski definition) is 2. The van der Waals surface area contributed by atoms with Crippen LogP contribution in [-0.4, -0.2) is 22.6 Å². The van der Waals surface area contributed by atoms with Gasteiger partial charge in [-0.05, 0) is 51.4 Å². The van der Waals surface area contributed by atoms with E-state index in [1.807, 2.05) is 0 Å². The van der Waals surface area contributed by atoms with Crippen LogP contribution in [0.2, 0.25) is 0 Å². The molecule has 0 amide bonds. The van der Waals surface area contributed by atoms with Crippen LogP contribution in [0.4, 0.5) is 11.6 Å². The van der Waals surface area contributed by atoms with E-state index in [1.165, 1.54) is 31.2 Å². The molecule has 1 aromatic heterocycles. The number of aromatic nitrogens is 2. The second-order valence-electron chi connectivity index (χ2n) is 6.67. The number of aryl methyl sites for hydroxylation is 1. The predicted octanol–water partition coefficient (Wildman–Crippen LogP) is 3.77. The first-order valence-corrected chi connectivity index (χ1v) is 8.59. The summed E-state index contributed by atoms with van der Waals surface area (Å²) in [6.07, 6.45) is 7.62. The van der Waals surface area contributed by atoms with Crippen LogP contribution < -0.4 is 10.6 Å². The Bertz CT molecular complexity index is 500. The summed E-state index contributed by atoms with van der Waals surface area (Å²) in [5.74, 6) is 4.84. The predicted molar refractivity (Wildman–Crippen MR) is 87.8 cm³/mol.